The van der Waals surface area contributed by atoms with Gasteiger partial charge in [0.15, 0.2) is 0 Å². The summed E-state index contributed by atoms with van der Waals surface area (Å²) < 4.78 is 28.4. The number of hydrogen-bond acceptors (Lipinski definition) is 4. The van der Waals surface area contributed by atoms with Crippen LogP contribution in [0.15, 0.2) is 83.8 Å². The second-order valence-corrected chi connectivity index (χ2v) is 10.6. The second-order valence-electron chi connectivity index (χ2n) is 8.34. The number of halogens is 1. The summed E-state index contributed by atoms with van der Waals surface area (Å²) in [7, 11) is -4.08. The molecule has 0 aliphatic carbocycles. The molecule has 3 rings (SSSR count). The van der Waals surface area contributed by atoms with Crippen molar-refractivity contribution in [1.82, 2.24) is 10.2 Å². The van der Waals surface area contributed by atoms with E-state index in [2.05, 4.69) is 5.32 Å². The molecular weight excluding hydrogens is 498 g/mol. The Labute approximate surface area is 217 Å². The zero-order valence-corrected chi connectivity index (χ0v) is 22.1. The van der Waals surface area contributed by atoms with E-state index in [0.717, 1.165) is 9.87 Å². The number of amides is 2. The number of likely N-dealkylation sites (N-methyl/N-ethyl adjacent to an activating group) is 1. The third kappa shape index (κ3) is 6.44. The highest BCUT2D eigenvalue weighted by Crippen LogP contribution is 2.25. The van der Waals surface area contributed by atoms with Crippen LogP contribution >= 0.6 is 11.6 Å². The van der Waals surface area contributed by atoms with Gasteiger partial charge in [-0.1, -0.05) is 65.7 Å². The fourth-order valence-corrected chi connectivity index (χ4v) is 5.28. The summed E-state index contributed by atoms with van der Waals surface area (Å²) in [6.45, 7) is 5.22. The minimum absolute atomic E-state index is 0.0457. The molecule has 0 fully saturated rings. The van der Waals surface area contributed by atoms with E-state index in [0.29, 0.717) is 22.8 Å². The SMILES string of the molecule is CCNC(=O)[C@H](C)N(Cc1ccccc1Cl)C(=O)CN(c1ccccc1)S(=O)(=O)c1ccc(C)cc1. The Kier molecular flexibility index (Phi) is 9.12. The average molecular weight is 528 g/mol. The first-order valence-corrected chi connectivity index (χ1v) is 13.4. The Morgan fingerprint density at radius 3 is 2.17 bits per heavy atom. The van der Waals surface area contributed by atoms with E-state index < -0.39 is 28.5 Å². The van der Waals surface area contributed by atoms with Crippen LogP contribution in [0.25, 0.3) is 0 Å². The maximum atomic E-state index is 13.7. The molecule has 0 aliphatic rings. The third-order valence-corrected chi connectivity index (χ3v) is 7.91. The largest absolute Gasteiger partial charge is 0.355 e. The zero-order valence-electron chi connectivity index (χ0n) is 20.5. The van der Waals surface area contributed by atoms with Gasteiger partial charge < -0.3 is 10.2 Å². The molecule has 0 heterocycles. The summed E-state index contributed by atoms with van der Waals surface area (Å²) in [5.41, 5.74) is 1.91. The molecule has 9 heteroatoms. The minimum Gasteiger partial charge on any atom is -0.355 e. The predicted octanol–water partition coefficient (Wildman–Crippen LogP) is 4.40. The monoisotopic (exact) mass is 527 g/mol. The van der Waals surface area contributed by atoms with Crippen molar-refractivity contribution in [3.63, 3.8) is 0 Å². The molecule has 0 saturated carbocycles. The van der Waals surface area contributed by atoms with Crippen molar-refractivity contribution in [1.29, 1.82) is 0 Å². The maximum Gasteiger partial charge on any atom is 0.264 e. The molecule has 1 N–H and O–H groups in total. The smallest absolute Gasteiger partial charge is 0.264 e. The number of nitrogens with zero attached hydrogens (tertiary/aromatic N) is 2. The van der Waals surface area contributed by atoms with Crippen molar-refractivity contribution in [3.8, 4) is 0 Å². The molecule has 190 valence electrons. The topological polar surface area (TPSA) is 86.8 Å². The molecule has 36 heavy (non-hydrogen) atoms. The van der Waals surface area contributed by atoms with Crippen LogP contribution < -0.4 is 9.62 Å². The first kappa shape index (κ1) is 27.2. The van der Waals surface area contributed by atoms with Crippen molar-refractivity contribution >= 4 is 39.1 Å². The number of para-hydroxylation sites is 1. The summed E-state index contributed by atoms with van der Waals surface area (Å²) >= 11 is 6.34. The van der Waals surface area contributed by atoms with Crippen molar-refractivity contribution in [2.75, 3.05) is 17.4 Å². The van der Waals surface area contributed by atoms with Crippen molar-refractivity contribution in [3.05, 3.63) is 95.0 Å². The first-order valence-electron chi connectivity index (χ1n) is 11.6. The third-order valence-electron chi connectivity index (χ3n) is 5.75. The maximum absolute atomic E-state index is 13.7. The van der Waals surface area contributed by atoms with Gasteiger partial charge in [-0.05, 0) is 56.7 Å². The standard InChI is InChI=1S/C27H30ClN3O4S/c1-4-29-27(33)21(3)30(18-22-10-8-9-13-25(22)28)26(32)19-31(23-11-6-5-7-12-23)36(34,35)24-16-14-20(2)15-17-24/h5-17,21H,4,18-19H2,1-3H3,(H,29,33)/t21-/m0/s1. The summed E-state index contributed by atoms with van der Waals surface area (Å²) in [6.07, 6.45) is 0. The molecule has 0 aromatic heterocycles. The van der Waals surface area contributed by atoms with Crippen molar-refractivity contribution < 1.29 is 18.0 Å². The molecule has 7 nitrogen and oxygen atoms in total. The number of carbonyl (C=O) groups excluding carboxylic acids is 2. The molecule has 0 unspecified atom stereocenters. The van der Waals surface area contributed by atoms with Gasteiger partial charge in [-0.25, -0.2) is 8.42 Å². The van der Waals surface area contributed by atoms with E-state index in [1.165, 1.54) is 17.0 Å². The first-order chi connectivity index (χ1) is 17.1. The number of carbonyl (C=O) groups is 2. The Morgan fingerprint density at radius 2 is 1.56 bits per heavy atom. The van der Waals surface area contributed by atoms with Crippen LogP contribution in [0.4, 0.5) is 5.69 Å². The van der Waals surface area contributed by atoms with Crippen molar-refractivity contribution in [2.24, 2.45) is 0 Å². The van der Waals surface area contributed by atoms with E-state index in [4.69, 9.17) is 11.6 Å². The number of rotatable bonds is 10. The Balaban J connectivity index is 2.01. The van der Waals surface area contributed by atoms with Gasteiger partial charge in [-0.15, -0.1) is 0 Å². The molecule has 2 amide bonds. The predicted molar refractivity (Wildman–Crippen MR) is 142 cm³/mol. The lowest BCUT2D eigenvalue weighted by atomic mass is 10.1. The molecule has 0 radical (unpaired) electrons. The minimum atomic E-state index is -4.08. The van der Waals surface area contributed by atoms with Crippen LogP contribution in [0.3, 0.4) is 0 Å². The van der Waals surface area contributed by atoms with Crippen LogP contribution in [-0.4, -0.2) is 44.3 Å². The van der Waals surface area contributed by atoms with Crippen LogP contribution in [0.2, 0.25) is 5.02 Å². The lowest BCUT2D eigenvalue weighted by Gasteiger charge is -2.32. The number of nitrogens with one attached hydrogen (secondary N) is 1. The second kappa shape index (κ2) is 12.1. The summed E-state index contributed by atoms with van der Waals surface area (Å²) in [6, 6.07) is 21.1. The quantitative estimate of drug-likeness (QED) is 0.423. The molecule has 0 spiro atoms. The highest BCUT2D eigenvalue weighted by molar-refractivity contribution is 7.92. The Bertz CT molecular complexity index is 1300. The number of sulfonamides is 1. The van der Waals surface area contributed by atoms with Gasteiger partial charge in [0.05, 0.1) is 10.6 Å². The molecule has 3 aromatic rings. The van der Waals surface area contributed by atoms with E-state index in [9.17, 15) is 18.0 Å². The fourth-order valence-electron chi connectivity index (χ4n) is 3.68. The number of hydrogen-bond donors (Lipinski definition) is 1. The molecule has 0 saturated heterocycles. The summed E-state index contributed by atoms with van der Waals surface area (Å²) in [5.74, 6) is -0.876. The molecule has 0 bridgehead atoms. The molecule has 0 aliphatic heterocycles. The molecule has 3 aromatic carbocycles. The van der Waals surface area contributed by atoms with Gasteiger partial charge in [0.25, 0.3) is 10.0 Å². The van der Waals surface area contributed by atoms with Gasteiger partial charge in [0.2, 0.25) is 11.8 Å². The Hall–Kier alpha value is -3.36. The van der Waals surface area contributed by atoms with E-state index >= 15 is 0 Å². The van der Waals surface area contributed by atoms with Gasteiger partial charge in [0, 0.05) is 18.1 Å². The summed E-state index contributed by atoms with van der Waals surface area (Å²) in [5, 5.41) is 3.18. The van der Waals surface area contributed by atoms with Crippen LogP contribution in [0, 0.1) is 6.92 Å². The van der Waals surface area contributed by atoms with Gasteiger partial charge >= 0.3 is 0 Å². The number of benzene rings is 3. The lowest BCUT2D eigenvalue weighted by molar-refractivity contribution is -0.139. The van der Waals surface area contributed by atoms with Crippen LogP contribution in [0.1, 0.15) is 25.0 Å². The number of anilines is 1. The summed E-state index contributed by atoms with van der Waals surface area (Å²) in [4.78, 5) is 27.8. The van der Waals surface area contributed by atoms with E-state index in [-0.39, 0.29) is 17.3 Å². The normalized spacial score (nSPS) is 12.0. The highest BCUT2D eigenvalue weighted by Gasteiger charge is 2.32. The number of aryl methyl sites for hydroxylation is 1. The zero-order chi connectivity index (χ0) is 26.3. The van der Waals surface area contributed by atoms with Gasteiger partial charge in [-0.2, -0.15) is 0 Å². The van der Waals surface area contributed by atoms with Gasteiger partial charge in [0.1, 0.15) is 12.6 Å². The average Bonchev–Trinajstić information content (AvgIpc) is 2.87. The van der Waals surface area contributed by atoms with Crippen molar-refractivity contribution in [2.45, 2.75) is 38.3 Å². The fraction of sp³-hybridized carbons (Fsp3) is 0.259. The van der Waals surface area contributed by atoms with E-state index in [1.807, 2.05) is 6.92 Å². The van der Waals surface area contributed by atoms with Crippen LogP contribution in [0.5, 0.6) is 0 Å². The van der Waals surface area contributed by atoms with E-state index in [1.54, 1.807) is 80.6 Å². The molecular formula is C27H30ClN3O4S. The van der Waals surface area contributed by atoms with Gasteiger partial charge in [-0.3, -0.25) is 13.9 Å². The Morgan fingerprint density at radius 1 is 0.944 bits per heavy atom. The highest BCUT2D eigenvalue weighted by atomic mass is 35.5. The lowest BCUT2D eigenvalue weighted by Crippen LogP contribution is -2.51. The van der Waals surface area contributed by atoms with Crippen LogP contribution in [-0.2, 0) is 26.2 Å². The molecule has 1 atom stereocenters.